The summed E-state index contributed by atoms with van der Waals surface area (Å²) in [5, 5.41) is 0. The molecule has 1 heteroatoms. The molecule has 1 fully saturated rings. The van der Waals surface area contributed by atoms with Crippen molar-refractivity contribution in [3.8, 4) is 0 Å². The van der Waals surface area contributed by atoms with Gasteiger partial charge in [-0.1, -0.05) is 61.5 Å². The first-order valence-electron chi connectivity index (χ1n) is 7.63. The molecule has 1 atom stereocenters. The van der Waals surface area contributed by atoms with E-state index < -0.39 is 0 Å². The Balaban J connectivity index is 1.74. The molecule has 1 aliphatic rings. The van der Waals surface area contributed by atoms with E-state index in [4.69, 9.17) is 5.73 Å². The normalized spacial score (nSPS) is 17.7. The summed E-state index contributed by atoms with van der Waals surface area (Å²) in [6, 6.07) is 19.9. The SMILES string of the molecule is CCc1ccc(CC(N)C2(c3ccccc3)CC2)cc1. The molecular weight excluding hydrogens is 242 g/mol. The van der Waals surface area contributed by atoms with Crippen LogP contribution in [0.5, 0.6) is 0 Å². The lowest BCUT2D eigenvalue weighted by atomic mass is 9.85. The molecule has 1 unspecified atom stereocenters. The quantitative estimate of drug-likeness (QED) is 0.873. The van der Waals surface area contributed by atoms with Crippen LogP contribution in [0.25, 0.3) is 0 Å². The Hall–Kier alpha value is -1.60. The van der Waals surface area contributed by atoms with Crippen LogP contribution < -0.4 is 5.73 Å². The van der Waals surface area contributed by atoms with Crippen molar-refractivity contribution in [2.75, 3.05) is 0 Å². The second-order valence-electron chi connectivity index (χ2n) is 6.00. The molecule has 0 radical (unpaired) electrons. The standard InChI is InChI=1S/C19H23N/c1-2-15-8-10-16(11-9-15)14-18(20)19(12-13-19)17-6-4-3-5-7-17/h3-11,18H,2,12-14,20H2,1H3. The molecule has 1 saturated carbocycles. The fourth-order valence-electron chi connectivity index (χ4n) is 3.14. The van der Waals surface area contributed by atoms with Crippen LogP contribution in [0.3, 0.4) is 0 Å². The van der Waals surface area contributed by atoms with Gasteiger partial charge in [-0.25, -0.2) is 0 Å². The van der Waals surface area contributed by atoms with E-state index >= 15 is 0 Å². The van der Waals surface area contributed by atoms with E-state index in [1.54, 1.807) is 0 Å². The lowest BCUT2D eigenvalue weighted by molar-refractivity contribution is 0.514. The van der Waals surface area contributed by atoms with Gasteiger partial charge in [0.15, 0.2) is 0 Å². The van der Waals surface area contributed by atoms with Crippen LogP contribution in [-0.4, -0.2) is 6.04 Å². The fraction of sp³-hybridized carbons (Fsp3) is 0.368. The van der Waals surface area contributed by atoms with Crippen LogP contribution >= 0.6 is 0 Å². The van der Waals surface area contributed by atoms with Crippen molar-refractivity contribution in [1.82, 2.24) is 0 Å². The Morgan fingerprint density at radius 3 is 2.10 bits per heavy atom. The van der Waals surface area contributed by atoms with Gasteiger partial charge >= 0.3 is 0 Å². The molecule has 0 amide bonds. The fourth-order valence-corrected chi connectivity index (χ4v) is 3.14. The van der Waals surface area contributed by atoms with Gasteiger partial charge in [0.05, 0.1) is 0 Å². The minimum Gasteiger partial charge on any atom is -0.327 e. The van der Waals surface area contributed by atoms with Gasteiger partial charge in [-0.3, -0.25) is 0 Å². The summed E-state index contributed by atoms with van der Waals surface area (Å²) in [5.74, 6) is 0. The summed E-state index contributed by atoms with van der Waals surface area (Å²) in [7, 11) is 0. The van der Waals surface area contributed by atoms with E-state index in [0.717, 1.165) is 12.8 Å². The summed E-state index contributed by atoms with van der Waals surface area (Å²) in [6.07, 6.45) is 4.52. The second-order valence-corrected chi connectivity index (χ2v) is 6.00. The van der Waals surface area contributed by atoms with Crippen LogP contribution in [0.2, 0.25) is 0 Å². The molecule has 1 nitrogen and oxygen atoms in total. The molecule has 0 aromatic heterocycles. The molecule has 2 aromatic carbocycles. The second kappa shape index (κ2) is 5.41. The Morgan fingerprint density at radius 1 is 0.950 bits per heavy atom. The predicted octanol–water partition coefficient (Wildman–Crippen LogP) is 3.85. The van der Waals surface area contributed by atoms with Crippen LogP contribution in [0.4, 0.5) is 0 Å². The number of aryl methyl sites for hydroxylation is 1. The summed E-state index contributed by atoms with van der Waals surface area (Å²) >= 11 is 0. The lowest BCUT2D eigenvalue weighted by Crippen LogP contribution is -2.36. The zero-order chi connectivity index (χ0) is 14.0. The molecule has 2 N–H and O–H groups in total. The van der Waals surface area contributed by atoms with Crippen molar-refractivity contribution >= 4 is 0 Å². The van der Waals surface area contributed by atoms with Gasteiger partial charge in [0, 0.05) is 11.5 Å². The maximum atomic E-state index is 6.55. The number of hydrogen-bond donors (Lipinski definition) is 1. The van der Waals surface area contributed by atoms with Crippen molar-refractivity contribution in [2.45, 2.75) is 44.1 Å². The molecule has 1 aliphatic carbocycles. The van der Waals surface area contributed by atoms with Crippen LogP contribution in [0.1, 0.15) is 36.5 Å². The third-order valence-corrected chi connectivity index (χ3v) is 4.73. The van der Waals surface area contributed by atoms with Crippen molar-refractivity contribution in [2.24, 2.45) is 5.73 Å². The Bertz CT molecular complexity index is 552. The number of rotatable bonds is 5. The van der Waals surface area contributed by atoms with E-state index in [9.17, 15) is 0 Å². The van der Waals surface area contributed by atoms with E-state index in [-0.39, 0.29) is 11.5 Å². The van der Waals surface area contributed by atoms with Crippen molar-refractivity contribution in [3.05, 3.63) is 71.3 Å². The molecule has 20 heavy (non-hydrogen) atoms. The molecule has 0 heterocycles. The van der Waals surface area contributed by atoms with Crippen LogP contribution in [0.15, 0.2) is 54.6 Å². The largest absolute Gasteiger partial charge is 0.327 e. The first kappa shape index (κ1) is 13.4. The maximum Gasteiger partial charge on any atom is 0.0177 e. The molecule has 104 valence electrons. The first-order valence-corrected chi connectivity index (χ1v) is 7.63. The smallest absolute Gasteiger partial charge is 0.0177 e. The van der Waals surface area contributed by atoms with Gasteiger partial charge in [0.25, 0.3) is 0 Å². The van der Waals surface area contributed by atoms with Crippen LogP contribution in [0, 0.1) is 0 Å². The highest BCUT2D eigenvalue weighted by Crippen LogP contribution is 2.50. The zero-order valence-electron chi connectivity index (χ0n) is 12.2. The number of benzene rings is 2. The van der Waals surface area contributed by atoms with Gasteiger partial charge in [-0.2, -0.15) is 0 Å². The molecule has 0 aliphatic heterocycles. The van der Waals surface area contributed by atoms with Crippen molar-refractivity contribution < 1.29 is 0 Å². The van der Waals surface area contributed by atoms with Gasteiger partial charge in [0.2, 0.25) is 0 Å². The van der Waals surface area contributed by atoms with Crippen LogP contribution in [-0.2, 0) is 18.3 Å². The highest BCUT2D eigenvalue weighted by molar-refractivity contribution is 5.35. The number of nitrogens with two attached hydrogens (primary N) is 1. The molecule has 2 aromatic rings. The summed E-state index contributed by atoms with van der Waals surface area (Å²) < 4.78 is 0. The molecule has 0 bridgehead atoms. The molecule has 0 saturated heterocycles. The first-order chi connectivity index (χ1) is 9.74. The topological polar surface area (TPSA) is 26.0 Å². The monoisotopic (exact) mass is 265 g/mol. The Morgan fingerprint density at radius 2 is 1.55 bits per heavy atom. The van der Waals surface area contributed by atoms with Gasteiger partial charge in [-0.15, -0.1) is 0 Å². The van der Waals surface area contributed by atoms with Crippen molar-refractivity contribution in [1.29, 1.82) is 0 Å². The highest BCUT2D eigenvalue weighted by atomic mass is 14.7. The summed E-state index contributed by atoms with van der Waals surface area (Å²) in [4.78, 5) is 0. The summed E-state index contributed by atoms with van der Waals surface area (Å²) in [5.41, 5.74) is 10.9. The summed E-state index contributed by atoms with van der Waals surface area (Å²) in [6.45, 7) is 2.19. The molecule has 3 rings (SSSR count). The zero-order valence-corrected chi connectivity index (χ0v) is 12.2. The molecule has 0 spiro atoms. The highest BCUT2D eigenvalue weighted by Gasteiger charge is 2.48. The Labute approximate surface area is 121 Å². The third kappa shape index (κ3) is 2.51. The van der Waals surface area contributed by atoms with Gasteiger partial charge in [0.1, 0.15) is 0 Å². The average Bonchev–Trinajstić information content (AvgIpc) is 3.31. The van der Waals surface area contributed by atoms with Crippen molar-refractivity contribution in [3.63, 3.8) is 0 Å². The van der Waals surface area contributed by atoms with E-state index in [0.29, 0.717) is 0 Å². The minimum atomic E-state index is 0.220. The number of hydrogen-bond acceptors (Lipinski definition) is 1. The van der Waals surface area contributed by atoms with Gasteiger partial charge in [-0.05, 0) is 42.4 Å². The predicted molar refractivity (Wildman–Crippen MR) is 84.9 cm³/mol. The van der Waals surface area contributed by atoms with E-state index in [1.807, 2.05) is 0 Å². The average molecular weight is 265 g/mol. The van der Waals surface area contributed by atoms with E-state index in [2.05, 4.69) is 61.5 Å². The minimum absolute atomic E-state index is 0.220. The Kier molecular flexibility index (Phi) is 3.62. The van der Waals surface area contributed by atoms with E-state index in [1.165, 1.54) is 29.5 Å². The third-order valence-electron chi connectivity index (χ3n) is 4.73. The maximum absolute atomic E-state index is 6.55. The van der Waals surface area contributed by atoms with Gasteiger partial charge < -0.3 is 5.73 Å². The lowest BCUT2D eigenvalue weighted by Gasteiger charge is -2.24. The molecular formula is C19H23N.